The summed E-state index contributed by atoms with van der Waals surface area (Å²) in [4.78, 5) is 18.8. The van der Waals surface area contributed by atoms with Crippen molar-refractivity contribution in [1.82, 2.24) is 10.9 Å². The first-order valence-electron chi connectivity index (χ1n) is 14.0. The summed E-state index contributed by atoms with van der Waals surface area (Å²) in [7, 11) is 1.60. The molecule has 0 saturated carbocycles. The topological polar surface area (TPSA) is 101 Å². The molecule has 2 atom stereocenters. The molecule has 0 unspecified atom stereocenters. The molecule has 0 aromatic heterocycles. The van der Waals surface area contributed by atoms with E-state index in [4.69, 9.17) is 24.3 Å². The van der Waals surface area contributed by atoms with Crippen LogP contribution in [0.2, 0.25) is 0 Å². The molecule has 0 fully saturated rings. The molecule has 4 rings (SSSR count). The van der Waals surface area contributed by atoms with Crippen molar-refractivity contribution in [2.24, 2.45) is 4.99 Å². The molecular weight excluding hydrogens is 518 g/mol. The van der Waals surface area contributed by atoms with Gasteiger partial charge in [0.2, 0.25) is 5.90 Å². The monoisotopic (exact) mass is 557 g/mol. The van der Waals surface area contributed by atoms with Gasteiger partial charge in [0.25, 0.3) is 5.91 Å². The Morgan fingerprint density at radius 2 is 1.85 bits per heavy atom. The van der Waals surface area contributed by atoms with E-state index in [1.165, 1.54) is 5.56 Å². The number of methoxy groups -OCH3 is 1. The molecule has 3 aromatic rings. The predicted octanol–water partition coefficient (Wildman–Crippen LogP) is 4.93. The second-order valence-electron chi connectivity index (χ2n) is 9.88. The van der Waals surface area contributed by atoms with E-state index in [2.05, 4.69) is 29.6 Å². The lowest BCUT2D eigenvalue weighted by Crippen LogP contribution is -2.52. The molecule has 3 aromatic carbocycles. The zero-order chi connectivity index (χ0) is 28.9. The van der Waals surface area contributed by atoms with Crippen molar-refractivity contribution in [2.45, 2.75) is 43.7 Å². The number of aliphatic hydroxyl groups excluding tert-OH is 1. The minimum atomic E-state index is -1.28. The van der Waals surface area contributed by atoms with Crippen molar-refractivity contribution in [3.05, 3.63) is 108 Å². The van der Waals surface area contributed by atoms with Gasteiger partial charge in [0, 0.05) is 31.6 Å². The second kappa shape index (κ2) is 15.0. The quantitative estimate of drug-likeness (QED) is 0.131. The van der Waals surface area contributed by atoms with Crippen LogP contribution in [-0.4, -0.2) is 49.3 Å². The first-order chi connectivity index (χ1) is 20.1. The van der Waals surface area contributed by atoms with Crippen LogP contribution in [0.3, 0.4) is 0 Å². The van der Waals surface area contributed by atoms with Crippen LogP contribution in [0.1, 0.15) is 48.5 Å². The number of aryl methyl sites for hydroxylation is 1. The van der Waals surface area contributed by atoms with E-state index in [1.54, 1.807) is 13.2 Å². The molecule has 0 radical (unpaired) electrons. The largest absolute Gasteiger partial charge is 0.497 e. The molecule has 3 N–H and O–H groups in total. The SMILES string of the molecule is C=CC[C@]1(C(=O)NNCCCCc2ccccc2)N=C(c2ccc(OCCCO)cc2)O[C@H]1c1cccc(OC)c1. The summed E-state index contributed by atoms with van der Waals surface area (Å²) in [6, 6.07) is 25.2. The number of rotatable bonds is 16. The molecule has 8 nitrogen and oxygen atoms in total. The van der Waals surface area contributed by atoms with Crippen molar-refractivity contribution in [2.75, 3.05) is 26.9 Å². The molecule has 216 valence electrons. The zero-order valence-electron chi connectivity index (χ0n) is 23.6. The fraction of sp³-hybridized carbons (Fsp3) is 0.333. The van der Waals surface area contributed by atoms with Crippen LogP contribution in [-0.2, 0) is 16.0 Å². The number of nitrogens with one attached hydrogen (secondary N) is 2. The highest BCUT2D eigenvalue weighted by molar-refractivity contribution is 6.01. The highest BCUT2D eigenvalue weighted by atomic mass is 16.5. The summed E-state index contributed by atoms with van der Waals surface area (Å²) in [6.07, 6.45) is 4.71. The van der Waals surface area contributed by atoms with Gasteiger partial charge in [-0.25, -0.2) is 10.4 Å². The standard InChI is InChI=1S/C33H39N3O5/c1-3-20-33(32(38)36-34-21-8-7-13-25-11-5-4-6-12-25)30(27-14-9-15-29(24-27)39-2)41-31(35-33)26-16-18-28(19-17-26)40-23-10-22-37/h3-6,9,11-12,14-19,24,30,34,37H,1,7-8,10,13,20-23H2,2H3,(H,36,38)/t30-,33-/m0/s1. The first-order valence-corrected chi connectivity index (χ1v) is 14.0. The number of nitrogens with zero attached hydrogens (tertiary/aromatic N) is 1. The van der Waals surface area contributed by atoms with Crippen molar-refractivity contribution < 1.29 is 24.1 Å². The highest BCUT2D eigenvalue weighted by Gasteiger charge is 2.52. The van der Waals surface area contributed by atoms with Crippen LogP contribution in [0.5, 0.6) is 11.5 Å². The molecule has 1 amide bonds. The third-order valence-corrected chi connectivity index (χ3v) is 6.94. The van der Waals surface area contributed by atoms with Crippen LogP contribution in [0.25, 0.3) is 0 Å². The molecule has 8 heteroatoms. The average Bonchev–Trinajstić information content (AvgIpc) is 3.40. The van der Waals surface area contributed by atoms with Gasteiger partial charge in [0.1, 0.15) is 11.5 Å². The lowest BCUT2D eigenvalue weighted by atomic mass is 9.84. The number of aliphatic hydroxyl groups is 1. The number of unbranched alkanes of at least 4 members (excludes halogenated alkanes) is 1. The van der Waals surface area contributed by atoms with Crippen molar-refractivity contribution in [1.29, 1.82) is 0 Å². The number of benzene rings is 3. The average molecular weight is 558 g/mol. The Hall–Kier alpha value is -4.14. The molecule has 41 heavy (non-hydrogen) atoms. The number of ether oxygens (including phenoxy) is 3. The Balaban J connectivity index is 1.51. The molecule has 1 aliphatic heterocycles. The summed E-state index contributed by atoms with van der Waals surface area (Å²) in [5.74, 6) is 1.40. The van der Waals surface area contributed by atoms with Crippen LogP contribution >= 0.6 is 0 Å². The fourth-order valence-corrected chi connectivity index (χ4v) is 4.78. The highest BCUT2D eigenvalue weighted by Crippen LogP contribution is 2.43. The summed E-state index contributed by atoms with van der Waals surface area (Å²) in [5, 5.41) is 8.99. The summed E-state index contributed by atoms with van der Waals surface area (Å²) in [6.45, 7) is 5.05. The molecule has 1 heterocycles. The lowest BCUT2D eigenvalue weighted by molar-refractivity contribution is -0.129. The van der Waals surface area contributed by atoms with E-state index in [0.29, 0.717) is 37.0 Å². The Kier molecular flexibility index (Phi) is 10.9. The Morgan fingerprint density at radius 1 is 1.05 bits per heavy atom. The maximum absolute atomic E-state index is 13.8. The van der Waals surface area contributed by atoms with Crippen molar-refractivity contribution in [3.63, 3.8) is 0 Å². The van der Waals surface area contributed by atoms with E-state index in [1.807, 2.05) is 66.7 Å². The summed E-state index contributed by atoms with van der Waals surface area (Å²) in [5.41, 5.74) is 7.50. The van der Waals surface area contributed by atoms with Crippen LogP contribution in [0, 0.1) is 0 Å². The number of hydrazine groups is 1. The number of amides is 1. The number of hydrogen-bond donors (Lipinski definition) is 3. The molecule has 0 aliphatic carbocycles. The fourth-order valence-electron chi connectivity index (χ4n) is 4.78. The van der Waals surface area contributed by atoms with Gasteiger partial charge in [-0.1, -0.05) is 48.5 Å². The summed E-state index contributed by atoms with van der Waals surface area (Å²) < 4.78 is 17.5. The molecular formula is C33H39N3O5. The van der Waals surface area contributed by atoms with Gasteiger partial charge in [-0.3, -0.25) is 10.2 Å². The minimum absolute atomic E-state index is 0.0738. The molecule has 1 aliphatic rings. The van der Waals surface area contributed by atoms with Gasteiger partial charge in [-0.15, -0.1) is 6.58 Å². The van der Waals surface area contributed by atoms with Crippen LogP contribution in [0.4, 0.5) is 0 Å². The maximum Gasteiger partial charge on any atom is 0.266 e. The minimum Gasteiger partial charge on any atom is -0.497 e. The van der Waals surface area contributed by atoms with Crippen LogP contribution < -0.4 is 20.3 Å². The van der Waals surface area contributed by atoms with Gasteiger partial charge in [0.15, 0.2) is 11.6 Å². The van der Waals surface area contributed by atoms with E-state index in [-0.39, 0.29) is 18.9 Å². The zero-order valence-corrected chi connectivity index (χ0v) is 23.6. The van der Waals surface area contributed by atoms with Gasteiger partial charge in [0.05, 0.1) is 13.7 Å². The number of carbonyl (C=O) groups is 1. The first kappa shape index (κ1) is 29.8. The molecule has 0 bridgehead atoms. The Labute approximate surface area is 242 Å². The van der Waals surface area contributed by atoms with Crippen LogP contribution in [0.15, 0.2) is 96.5 Å². The van der Waals surface area contributed by atoms with Gasteiger partial charge < -0.3 is 19.3 Å². The van der Waals surface area contributed by atoms with Crippen molar-refractivity contribution >= 4 is 11.8 Å². The predicted molar refractivity (Wildman–Crippen MR) is 160 cm³/mol. The smallest absolute Gasteiger partial charge is 0.266 e. The van der Waals surface area contributed by atoms with Gasteiger partial charge in [-0.2, -0.15) is 0 Å². The number of hydrogen-bond acceptors (Lipinski definition) is 7. The molecule has 0 saturated heterocycles. The van der Waals surface area contributed by atoms with Gasteiger partial charge in [-0.05, 0) is 66.8 Å². The normalized spacial score (nSPS) is 17.8. The van der Waals surface area contributed by atoms with Crippen molar-refractivity contribution in [3.8, 4) is 11.5 Å². The lowest BCUT2D eigenvalue weighted by Gasteiger charge is -2.29. The van der Waals surface area contributed by atoms with E-state index in [9.17, 15) is 4.79 Å². The third-order valence-electron chi connectivity index (χ3n) is 6.94. The number of aliphatic imine (C=N–C) groups is 1. The van der Waals surface area contributed by atoms with Gasteiger partial charge >= 0.3 is 0 Å². The number of carbonyl (C=O) groups excluding carboxylic acids is 1. The summed E-state index contributed by atoms with van der Waals surface area (Å²) >= 11 is 0. The Bertz CT molecular complexity index is 1300. The van der Waals surface area contributed by atoms with E-state index >= 15 is 0 Å². The molecule has 0 spiro atoms. The van der Waals surface area contributed by atoms with E-state index < -0.39 is 11.6 Å². The third kappa shape index (κ3) is 7.74. The second-order valence-corrected chi connectivity index (χ2v) is 9.88. The maximum atomic E-state index is 13.8. The Morgan fingerprint density at radius 3 is 2.59 bits per heavy atom. The van der Waals surface area contributed by atoms with E-state index in [0.717, 1.165) is 30.4 Å².